The molecule has 0 bridgehead atoms. The summed E-state index contributed by atoms with van der Waals surface area (Å²) in [5.74, 6) is -0.480. The molecule has 2 fully saturated rings. The lowest BCUT2D eigenvalue weighted by Gasteiger charge is -2.27. The van der Waals surface area contributed by atoms with E-state index in [1.807, 2.05) is 6.07 Å². The normalized spacial score (nSPS) is 23.2. The van der Waals surface area contributed by atoms with Crippen LogP contribution in [-0.2, 0) is 29.7 Å². The largest absolute Gasteiger partial charge is 0.326 e. The number of carbonyl (C=O) groups excluding carboxylic acids is 2. The molecule has 3 amide bonds. The molecule has 2 aromatic carbocycles. The molecule has 30 heavy (non-hydrogen) atoms. The van der Waals surface area contributed by atoms with Crippen LogP contribution in [0.25, 0.3) is 0 Å². The van der Waals surface area contributed by atoms with E-state index in [1.54, 1.807) is 19.1 Å². The first-order valence-electron chi connectivity index (χ1n) is 10.7. The van der Waals surface area contributed by atoms with E-state index in [4.69, 9.17) is 0 Å². The molecule has 5 rings (SSSR count). The van der Waals surface area contributed by atoms with Gasteiger partial charge in [-0.2, -0.15) is 0 Å². The highest BCUT2D eigenvalue weighted by Gasteiger charge is 2.50. The van der Waals surface area contributed by atoms with E-state index in [0.717, 1.165) is 43.2 Å². The predicted octanol–water partition coefficient (Wildman–Crippen LogP) is 3.70. The zero-order chi connectivity index (χ0) is 20.9. The maximum atomic E-state index is 13.4. The summed E-state index contributed by atoms with van der Waals surface area (Å²) in [5, 5.41) is 2.93. The van der Waals surface area contributed by atoms with Crippen LogP contribution in [0.2, 0.25) is 0 Å². The number of fused-ring (bicyclic) bond motifs is 1. The molecule has 0 spiro atoms. The van der Waals surface area contributed by atoms with Crippen molar-refractivity contribution in [2.75, 3.05) is 6.67 Å². The van der Waals surface area contributed by atoms with Crippen molar-refractivity contribution < 1.29 is 14.0 Å². The maximum Gasteiger partial charge on any atom is 0.326 e. The third-order valence-electron chi connectivity index (χ3n) is 6.64. The Morgan fingerprint density at radius 3 is 2.57 bits per heavy atom. The van der Waals surface area contributed by atoms with Gasteiger partial charge in [-0.05, 0) is 73.4 Å². The first kappa shape index (κ1) is 19.2. The number of urea groups is 1. The molecule has 1 atom stereocenters. The highest BCUT2D eigenvalue weighted by atomic mass is 19.1. The molecule has 1 aliphatic heterocycles. The van der Waals surface area contributed by atoms with Gasteiger partial charge in [0, 0.05) is 12.6 Å². The quantitative estimate of drug-likeness (QED) is 0.743. The van der Waals surface area contributed by atoms with Gasteiger partial charge in [-0.1, -0.05) is 30.3 Å². The summed E-state index contributed by atoms with van der Waals surface area (Å²) in [6, 6.07) is 12.5. The average molecular weight is 407 g/mol. The second-order valence-electron chi connectivity index (χ2n) is 8.87. The molecule has 5 nitrogen and oxygen atoms in total. The van der Waals surface area contributed by atoms with Gasteiger partial charge in [0.05, 0.1) is 6.67 Å². The summed E-state index contributed by atoms with van der Waals surface area (Å²) in [7, 11) is 0. The SMILES string of the molecule is C[C@]1(c2ccc3c(c2)CCC3)NC(=O)N(CN(Cc2ccc(F)cc2)C2CC2)C1=O. The summed E-state index contributed by atoms with van der Waals surface area (Å²) < 4.78 is 13.2. The van der Waals surface area contributed by atoms with Gasteiger partial charge in [-0.25, -0.2) is 14.1 Å². The molecule has 0 aromatic heterocycles. The smallest absolute Gasteiger partial charge is 0.319 e. The second kappa shape index (κ2) is 7.20. The maximum absolute atomic E-state index is 13.4. The van der Waals surface area contributed by atoms with E-state index in [0.29, 0.717) is 12.6 Å². The van der Waals surface area contributed by atoms with Crippen molar-refractivity contribution in [1.82, 2.24) is 15.1 Å². The molecule has 0 radical (unpaired) electrons. The molecule has 1 saturated carbocycles. The highest BCUT2D eigenvalue weighted by molar-refractivity contribution is 6.07. The Bertz CT molecular complexity index is 1000. The number of imide groups is 1. The van der Waals surface area contributed by atoms with Gasteiger partial charge in [0.25, 0.3) is 5.91 Å². The molecule has 0 unspecified atom stereocenters. The van der Waals surface area contributed by atoms with Crippen molar-refractivity contribution in [2.45, 2.75) is 57.2 Å². The van der Waals surface area contributed by atoms with E-state index in [-0.39, 0.29) is 24.4 Å². The second-order valence-corrected chi connectivity index (χ2v) is 8.87. The number of carbonyl (C=O) groups is 2. The third kappa shape index (κ3) is 3.39. The fourth-order valence-electron chi connectivity index (χ4n) is 4.64. The Morgan fingerprint density at radius 1 is 1.10 bits per heavy atom. The summed E-state index contributed by atoms with van der Waals surface area (Å²) in [6.45, 7) is 2.62. The Kier molecular flexibility index (Phi) is 4.62. The monoisotopic (exact) mass is 407 g/mol. The third-order valence-corrected chi connectivity index (χ3v) is 6.64. The molecule has 1 saturated heterocycles. The number of nitrogens with one attached hydrogen (secondary N) is 1. The van der Waals surface area contributed by atoms with Crippen molar-refractivity contribution >= 4 is 11.9 Å². The first-order chi connectivity index (χ1) is 14.4. The lowest BCUT2D eigenvalue weighted by atomic mass is 9.90. The topological polar surface area (TPSA) is 52.7 Å². The number of hydrogen-bond acceptors (Lipinski definition) is 3. The zero-order valence-corrected chi connectivity index (χ0v) is 17.2. The summed E-state index contributed by atoms with van der Waals surface area (Å²) >= 11 is 0. The number of rotatable bonds is 6. The fourth-order valence-corrected chi connectivity index (χ4v) is 4.64. The van der Waals surface area contributed by atoms with Crippen LogP contribution in [0.1, 0.15) is 48.4 Å². The predicted molar refractivity (Wildman–Crippen MR) is 111 cm³/mol. The Morgan fingerprint density at radius 2 is 1.83 bits per heavy atom. The summed E-state index contributed by atoms with van der Waals surface area (Å²) in [4.78, 5) is 29.6. The fraction of sp³-hybridized carbons (Fsp3) is 0.417. The van der Waals surface area contributed by atoms with Crippen LogP contribution < -0.4 is 5.32 Å². The molecular weight excluding hydrogens is 381 g/mol. The van der Waals surface area contributed by atoms with Crippen molar-refractivity contribution in [1.29, 1.82) is 0 Å². The van der Waals surface area contributed by atoms with Crippen LogP contribution >= 0.6 is 0 Å². The van der Waals surface area contributed by atoms with Gasteiger partial charge in [-0.3, -0.25) is 9.69 Å². The molecule has 3 aliphatic rings. The van der Waals surface area contributed by atoms with E-state index < -0.39 is 5.54 Å². The molecule has 1 N–H and O–H groups in total. The van der Waals surface area contributed by atoms with Crippen molar-refractivity contribution in [3.05, 3.63) is 70.5 Å². The van der Waals surface area contributed by atoms with E-state index in [2.05, 4.69) is 22.3 Å². The van der Waals surface area contributed by atoms with Crippen LogP contribution in [0, 0.1) is 5.82 Å². The van der Waals surface area contributed by atoms with Crippen LogP contribution in [0.3, 0.4) is 0 Å². The van der Waals surface area contributed by atoms with Crippen molar-refractivity contribution in [3.8, 4) is 0 Å². The van der Waals surface area contributed by atoms with Crippen molar-refractivity contribution in [3.63, 3.8) is 0 Å². The Balaban J connectivity index is 1.36. The lowest BCUT2D eigenvalue weighted by Crippen LogP contribution is -2.44. The highest BCUT2D eigenvalue weighted by Crippen LogP contribution is 2.34. The van der Waals surface area contributed by atoms with Crippen LogP contribution in [0.15, 0.2) is 42.5 Å². The molecule has 2 aromatic rings. The van der Waals surface area contributed by atoms with Crippen LogP contribution in [0.4, 0.5) is 9.18 Å². The first-order valence-corrected chi connectivity index (χ1v) is 10.7. The van der Waals surface area contributed by atoms with E-state index in [1.165, 1.54) is 28.2 Å². The van der Waals surface area contributed by atoms with E-state index in [9.17, 15) is 14.0 Å². The number of hydrogen-bond donors (Lipinski definition) is 1. The molecule has 156 valence electrons. The minimum absolute atomic E-state index is 0.213. The minimum Gasteiger partial charge on any atom is -0.319 e. The van der Waals surface area contributed by atoms with Gasteiger partial charge in [0.15, 0.2) is 0 Å². The summed E-state index contributed by atoms with van der Waals surface area (Å²) in [6.07, 6.45) is 5.35. The molecule has 1 heterocycles. The summed E-state index contributed by atoms with van der Waals surface area (Å²) in [5.41, 5.74) is 3.40. The number of benzene rings is 2. The van der Waals surface area contributed by atoms with Gasteiger partial charge in [0.1, 0.15) is 11.4 Å². The Hall–Kier alpha value is -2.73. The number of nitrogens with zero attached hydrogens (tertiary/aromatic N) is 2. The minimum atomic E-state index is -1.04. The standard InChI is InChI=1S/C24H26FN3O2/c1-24(19-8-7-17-3-2-4-18(17)13-19)22(29)28(23(30)26-24)15-27(21-11-12-21)14-16-5-9-20(25)10-6-16/h5-10,13,21H,2-4,11-12,14-15H2,1H3,(H,26,30)/t24-/m1/s1. The van der Waals surface area contributed by atoms with Crippen LogP contribution in [0.5, 0.6) is 0 Å². The number of amides is 3. The molecular formula is C24H26FN3O2. The average Bonchev–Trinajstić information content (AvgIpc) is 3.43. The zero-order valence-electron chi connectivity index (χ0n) is 17.2. The molecule has 6 heteroatoms. The number of aryl methyl sites for hydroxylation is 2. The Labute approximate surface area is 175 Å². The number of halogens is 1. The van der Waals surface area contributed by atoms with E-state index >= 15 is 0 Å². The lowest BCUT2D eigenvalue weighted by molar-refractivity contribution is -0.132. The molecule has 2 aliphatic carbocycles. The van der Waals surface area contributed by atoms with Crippen LogP contribution in [-0.4, -0.2) is 34.4 Å². The van der Waals surface area contributed by atoms with Gasteiger partial charge >= 0.3 is 6.03 Å². The van der Waals surface area contributed by atoms with Gasteiger partial charge in [0.2, 0.25) is 0 Å². The van der Waals surface area contributed by atoms with Gasteiger partial charge in [-0.15, -0.1) is 0 Å². The van der Waals surface area contributed by atoms with Crippen molar-refractivity contribution in [2.24, 2.45) is 0 Å². The van der Waals surface area contributed by atoms with Gasteiger partial charge < -0.3 is 5.32 Å².